The highest BCUT2D eigenvalue weighted by atomic mass is 35.5. The van der Waals surface area contributed by atoms with E-state index in [1.807, 2.05) is 31.3 Å². The molecule has 0 atom stereocenters. The summed E-state index contributed by atoms with van der Waals surface area (Å²) in [7, 11) is 1.89. The summed E-state index contributed by atoms with van der Waals surface area (Å²) in [5, 5.41) is 7.60. The van der Waals surface area contributed by atoms with E-state index in [4.69, 9.17) is 23.8 Å². The summed E-state index contributed by atoms with van der Waals surface area (Å²) in [6, 6.07) is 7.74. The molecule has 20 heavy (non-hydrogen) atoms. The predicted octanol–water partition coefficient (Wildman–Crippen LogP) is 3.39. The van der Waals surface area contributed by atoms with Crippen LogP contribution in [0.4, 0.5) is 0 Å². The Balaban J connectivity index is 2.08. The number of hydrogen-bond acceptors (Lipinski definition) is 3. The van der Waals surface area contributed by atoms with Crippen LogP contribution in [-0.4, -0.2) is 27.5 Å². The lowest BCUT2D eigenvalue weighted by Gasteiger charge is -2.30. The summed E-state index contributed by atoms with van der Waals surface area (Å²) in [5.74, 6) is 0.885. The molecule has 1 saturated heterocycles. The van der Waals surface area contributed by atoms with E-state index in [1.54, 1.807) is 4.68 Å². The Morgan fingerprint density at radius 2 is 1.75 bits per heavy atom. The minimum absolute atomic E-state index is 0.729. The molecular weight excluding hydrogens is 292 g/mol. The average Bonchev–Trinajstić information content (AvgIpc) is 2.77. The molecule has 1 aromatic carbocycles. The van der Waals surface area contributed by atoms with Crippen LogP contribution in [0.15, 0.2) is 24.3 Å². The number of hydrogen-bond donors (Lipinski definition) is 0. The molecule has 0 spiro atoms. The molecule has 0 amide bonds. The van der Waals surface area contributed by atoms with Gasteiger partial charge in [0.25, 0.3) is 0 Å². The molecule has 6 heteroatoms. The fraction of sp³-hybridized carbons (Fsp3) is 0.429. The first-order chi connectivity index (χ1) is 9.66. The van der Waals surface area contributed by atoms with Gasteiger partial charge in [-0.05, 0) is 55.7 Å². The molecule has 3 rings (SSSR count). The molecule has 106 valence electrons. The SMILES string of the molecule is Cn1nc(-c2ccc(Cl)cc2)n(N2CCCCC2)c1=S. The second-order valence-corrected chi connectivity index (χ2v) is 5.86. The molecule has 0 N–H and O–H groups in total. The van der Waals surface area contributed by atoms with E-state index < -0.39 is 0 Å². The van der Waals surface area contributed by atoms with Crippen LogP contribution in [0, 0.1) is 4.77 Å². The summed E-state index contributed by atoms with van der Waals surface area (Å²) in [5.41, 5.74) is 1.03. The maximum atomic E-state index is 5.96. The quantitative estimate of drug-likeness (QED) is 0.795. The van der Waals surface area contributed by atoms with Crippen molar-refractivity contribution in [2.75, 3.05) is 18.1 Å². The largest absolute Gasteiger partial charge is 0.309 e. The highest BCUT2D eigenvalue weighted by Crippen LogP contribution is 2.22. The molecule has 0 aliphatic carbocycles. The van der Waals surface area contributed by atoms with Gasteiger partial charge in [0.15, 0.2) is 5.82 Å². The van der Waals surface area contributed by atoms with E-state index in [9.17, 15) is 0 Å². The number of aryl methyl sites for hydroxylation is 1. The summed E-state index contributed by atoms with van der Waals surface area (Å²) in [6.07, 6.45) is 3.70. The van der Waals surface area contributed by atoms with Crippen LogP contribution in [0.3, 0.4) is 0 Å². The third kappa shape index (κ3) is 2.47. The van der Waals surface area contributed by atoms with Gasteiger partial charge in [-0.3, -0.25) is 0 Å². The van der Waals surface area contributed by atoms with Crippen LogP contribution in [0.2, 0.25) is 5.02 Å². The monoisotopic (exact) mass is 308 g/mol. The molecule has 1 aliphatic heterocycles. The highest BCUT2D eigenvalue weighted by molar-refractivity contribution is 7.71. The molecule has 0 unspecified atom stereocenters. The molecular formula is C14H17ClN4S. The van der Waals surface area contributed by atoms with Crippen molar-refractivity contribution in [3.8, 4) is 11.4 Å². The van der Waals surface area contributed by atoms with Crippen molar-refractivity contribution < 1.29 is 0 Å². The lowest BCUT2D eigenvalue weighted by Crippen LogP contribution is -2.39. The zero-order valence-electron chi connectivity index (χ0n) is 11.4. The number of benzene rings is 1. The number of aromatic nitrogens is 3. The molecule has 2 aromatic rings. The molecule has 4 nitrogen and oxygen atoms in total. The van der Waals surface area contributed by atoms with E-state index in [1.165, 1.54) is 19.3 Å². The zero-order chi connectivity index (χ0) is 14.1. The number of rotatable bonds is 2. The van der Waals surface area contributed by atoms with Crippen LogP contribution in [0.25, 0.3) is 11.4 Å². The van der Waals surface area contributed by atoms with Gasteiger partial charge >= 0.3 is 0 Å². The third-order valence-corrected chi connectivity index (χ3v) is 4.31. The van der Waals surface area contributed by atoms with Crippen LogP contribution in [0.1, 0.15) is 19.3 Å². The van der Waals surface area contributed by atoms with Crippen LogP contribution in [-0.2, 0) is 7.05 Å². The average molecular weight is 309 g/mol. The van der Waals surface area contributed by atoms with Crippen molar-refractivity contribution in [3.05, 3.63) is 34.1 Å². The first-order valence-electron chi connectivity index (χ1n) is 6.84. The fourth-order valence-corrected chi connectivity index (χ4v) is 2.93. The highest BCUT2D eigenvalue weighted by Gasteiger charge is 2.18. The molecule has 0 bridgehead atoms. The van der Waals surface area contributed by atoms with Crippen molar-refractivity contribution in [2.24, 2.45) is 7.05 Å². The summed E-state index contributed by atoms with van der Waals surface area (Å²) < 4.78 is 4.56. The Kier molecular flexibility index (Phi) is 3.81. The van der Waals surface area contributed by atoms with Crippen molar-refractivity contribution in [1.29, 1.82) is 0 Å². The maximum absolute atomic E-state index is 5.96. The molecule has 1 fully saturated rings. The van der Waals surface area contributed by atoms with E-state index >= 15 is 0 Å². The van der Waals surface area contributed by atoms with Crippen molar-refractivity contribution in [3.63, 3.8) is 0 Å². The van der Waals surface area contributed by atoms with Crippen molar-refractivity contribution in [1.82, 2.24) is 14.5 Å². The Morgan fingerprint density at radius 3 is 2.40 bits per heavy atom. The predicted molar refractivity (Wildman–Crippen MR) is 84.3 cm³/mol. The van der Waals surface area contributed by atoms with Gasteiger partial charge in [0.05, 0.1) is 0 Å². The minimum atomic E-state index is 0.729. The van der Waals surface area contributed by atoms with Crippen LogP contribution < -0.4 is 5.01 Å². The number of piperidine rings is 1. The fourth-order valence-electron chi connectivity index (χ4n) is 2.57. The number of halogens is 1. The van der Waals surface area contributed by atoms with Gasteiger partial charge < -0.3 is 5.01 Å². The summed E-state index contributed by atoms with van der Waals surface area (Å²) in [6.45, 7) is 2.06. The van der Waals surface area contributed by atoms with Gasteiger partial charge in [-0.2, -0.15) is 5.10 Å². The standard InChI is InChI=1S/C14H17ClN4S/c1-17-14(20)19(18-9-3-2-4-10-18)13(16-17)11-5-7-12(15)8-6-11/h5-8H,2-4,9-10H2,1H3. The molecule has 1 aromatic heterocycles. The summed E-state index contributed by atoms with van der Waals surface area (Å²) in [4.78, 5) is 0. The van der Waals surface area contributed by atoms with Gasteiger partial charge in [-0.25, -0.2) is 9.36 Å². The Morgan fingerprint density at radius 1 is 1.10 bits per heavy atom. The molecule has 2 heterocycles. The normalized spacial score (nSPS) is 15.6. The second kappa shape index (κ2) is 5.58. The first-order valence-corrected chi connectivity index (χ1v) is 7.62. The lowest BCUT2D eigenvalue weighted by atomic mass is 10.1. The molecule has 0 saturated carbocycles. The topological polar surface area (TPSA) is 26.0 Å². The van der Waals surface area contributed by atoms with E-state index in [-0.39, 0.29) is 0 Å². The van der Waals surface area contributed by atoms with E-state index in [2.05, 4.69) is 14.8 Å². The first kappa shape index (κ1) is 13.6. The van der Waals surface area contributed by atoms with Crippen LogP contribution in [0.5, 0.6) is 0 Å². The number of nitrogens with zero attached hydrogens (tertiary/aromatic N) is 4. The van der Waals surface area contributed by atoms with Gasteiger partial charge in [0, 0.05) is 30.7 Å². The third-order valence-electron chi connectivity index (χ3n) is 3.62. The smallest absolute Gasteiger partial charge is 0.217 e. The Bertz CT molecular complexity index is 653. The van der Waals surface area contributed by atoms with Crippen molar-refractivity contribution >= 4 is 23.8 Å². The Labute approximate surface area is 128 Å². The Hall–Kier alpha value is -1.33. The van der Waals surface area contributed by atoms with Gasteiger partial charge in [-0.15, -0.1) is 0 Å². The lowest BCUT2D eigenvalue weighted by molar-refractivity contribution is 0.475. The second-order valence-electron chi connectivity index (χ2n) is 5.06. The van der Waals surface area contributed by atoms with Gasteiger partial charge in [0.2, 0.25) is 4.77 Å². The van der Waals surface area contributed by atoms with E-state index in [0.29, 0.717) is 0 Å². The summed E-state index contributed by atoms with van der Waals surface area (Å²) >= 11 is 11.5. The maximum Gasteiger partial charge on any atom is 0.217 e. The van der Waals surface area contributed by atoms with Crippen LogP contribution >= 0.6 is 23.8 Å². The van der Waals surface area contributed by atoms with E-state index in [0.717, 1.165) is 34.3 Å². The molecule has 0 radical (unpaired) electrons. The molecule has 1 aliphatic rings. The van der Waals surface area contributed by atoms with Crippen molar-refractivity contribution in [2.45, 2.75) is 19.3 Å². The zero-order valence-corrected chi connectivity index (χ0v) is 13.0. The van der Waals surface area contributed by atoms with Gasteiger partial charge in [-0.1, -0.05) is 11.6 Å². The minimum Gasteiger partial charge on any atom is -0.309 e. The van der Waals surface area contributed by atoms with Gasteiger partial charge in [0.1, 0.15) is 0 Å².